The summed E-state index contributed by atoms with van der Waals surface area (Å²) in [5.74, 6) is 0.977. The predicted molar refractivity (Wildman–Crippen MR) is 145 cm³/mol. The Kier molecular flexibility index (Phi) is 16.3. The van der Waals surface area contributed by atoms with Crippen molar-refractivity contribution >= 4 is 0 Å². The third-order valence-corrected chi connectivity index (χ3v) is 6.24. The largest absolute Gasteiger partial charge is 0.494 e. The SMILES string of the molecule is CCCCCCCCCCOc1ccc(-c2ccc(CCCCCOCCOCC)cc2)cc1. The van der Waals surface area contributed by atoms with Crippen molar-refractivity contribution in [1.29, 1.82) is 0 Å². The van der Waals surface area contributed by atoms with E-state index in [0.717, 1.165) is 44.8 Å². The number of benzene rings is 2. The Morgan fingerprint density at radius 3 is 1.74 bits per heavy atom. The van der Waals surface area contributed by atoms with Gasteiger partial charge in [-0.25, -0.2) is 0 Å². The van der Waals surface area contributed by atoms with Crippen molar-refractivity contribution in [2.75, 3.05) is 33.0 Å². The summed E-state index contributed by atoms with van der Waals surface area (Å²) in [5.41, 5.74) is 3.92. The lowest BCUT2D eigenvalue weighted by Gasteiger charge is -2.08. The molecule has 0 aromatic heterocycles. The van der Waals surface area contributed by atoms with Crippen molar-refractivity contribution in [3.05, 3.63) is 54.1 Å². The van der Waals surface area contributed by atoms with Crippen molar-refractivity contribution in [2.24, 2.45) is 0 Å². The van der Waals surface area contributed by atoms with Crippen molar-refractivity contribution in [3.8, 4) is 16.9 Å². The number of ether oxygens (including phenoxy) is 3. The van der Waals surface area contributed by atoms with Crippen molar-refractivity contribution < 1.29 is 14.2 Å². The van der Waals surface area contributed by atoms with Crippen LogP contribution in [0.15, 0.2) is 48.5 Å². The molecule has 0 aliphatic heterocycles. The molecular weight excluding hydrogens is 420 g/mol. The molecule has 0 spiro atoms. The minimum absolute atomic E-state index is 0.706. The number of hydrogen-bond acceptors (Lipinski definition) is 3. The summed E-state index contributed by atoms with van der Waals surface area (Å²) in [5, 5.41) is 0. The molecule has 2 aromatic carbocycles. The molecule has 0 saturated carbocycles. The molecule has 0 amide bonds. The van der Waals surface area contributed by atoms with Crippen LogP contribution in [0, 0.1) is 0 Å². The first-order valence-corrected chi connectivity index (χ1v) is 13.8. The molecule has 2 rings (SSSR count). The summed E-state index contributed by atoms with van der Waals surface area (Å²) in [7, 11) is 0. The van der Waals surface area contributed by atoms with Gasteiger partial charge in [-0.2, -0.15) is 0 Å². The average molecular weight is 469 g/mol. The van der Waals surface area contributed by atoms with E-state index in [1.54, 1.807) is 0 Å². The van der Waals surface area contributed by atoms with E-state index < -0.39 is 0 Å². The first kappa shape index (κ1) is 28.4. The molecule has 0 bridgehead atoms. The number of rotatable bonds is 21. The van der Waals surface area contributed by atoms with Crippen LogP contribution in [0.1, 0.15) is 90.0 Å². The molecule has 34 heavy (non-hydrogen) atoms. The van der Waals surface area contributed by atoms with E-state index in [1.807, 2.05) is 6.92 Å². The molecule has 0 atom stereocenters. The summed E-state index contributed by atoms with van der Waals surface area (Å²) < 4.78 is 16.8. The Hall–Kier alpha value is -1.84. The zero-order valence-corrected chi connectivity index (χ0v) is 21.9. The van der Waals surface area contributed by atoms with E-state index in [1.165, 1.54) is 74.5 Å². The van der Waals surface area contributed by atoms with Crippen LogP contribution in [-0.2, 0) is 15.9 Å². The van der Waals surface area contributed by atoms with Gasteiger partial charge in [-0.1, -0.05) is 94.7 Å². The maximum absolute atomic E-state index is 5.94. The van der Waals surface area contributed by atoms with Crippen LogP contribution >= 0.6 is 0 Å². The van der Waals surface area contributed by atoms with Gasteiger partial charge < -0.3 is 14.2 Å². The molecule has 0 heterocycles. The fourth-order valence-electron chi connectivity index (χ4n) is 4.11. The van der Waals surface area contributed by atoms with Gasteiger partial charge in [-0.15, -0.1) is 0 Å². The van der Waals surface area contributed by atoms with Crippen molar-refractivity contribution in [3.63, 3.8) is 0 Å². The maximum atomic E-state index is 5.94. The summed E-state index contributed by atoms with van der Waals surface area (Å²) in [4.78, 5) is 0. The lowest BCUT2D eigenvalue weighted by Crippen LogP contribution is -2.04. The molecular formula is C31H48O3. The smallest absolute Gasteiger partial charge is 0.119 e. The zero-order chi connectivity index (χ0) is 24.1. The minimum Gasteiger partial charge on any atom is -0.494 e. The van der Waals surface area contributed by atoms with Crippen LogP contribution in [0.5, 0.6) is 5.75 Å². The third kappa shape index (κ3) is 13.2. The summed E-state index contributed by atoms with van der Waals surface area (Å²) in [6.45, 7) is 8.12. The van der Waals surface area contributed by atoms with Crippen molar-refractivity contribution in [1.82, 2.24) is 0 Å². The molecule has 0 unspecified atom stereocenters. The van der Waals surface area contributed by atoms with E-state index in [9.17, 15) is 0 Å². The molecule has 3 heteroatoms. The number of unbranched alkanes of at least 4 members (excludes halogenated alkanes) is 9. The van der Waals surface area contributed by atoms with E-state index >= 15 is 0 Å². The third-order valence-electron chi connectivity index (χ3n) is 6.24. The predicted octanol–water partition coefficient (Wildman–Crippen LogP) is 8.64. The lowest BCUT2D eigenvalue weighted by atomic mass is 10.0. The van der Waals surface area contributed by atoms with Gasteiger partial charge in [-0.05, 0) is 61.4 Å². The topological polar surface area (TPSA) is 27.7 Å². The Labute approximate surface area is 209 Å². The average Bonchev–Trinajstić information content (AvgIpc) is 2.87. The molecule has 2 aromatic rings. The van der Waals surface area contributed by atoms with E-state index in [2.05, 4.69) is 55.5 Å². The second kappa shape index (κ2) is 19.5. The van der Waals surface area contributed by atoms with Gasteiger partial charge in [0.15, 0.2) is 0 Å². The standard InChI is InChI=1S/C31H48O3/c1-3-5-6-7-8-9-10-14-25-34-31-22-20-30(21-23-31)29-18-16-28(17-19-29)15-12-11-13-24-33-27-26-32-4-2/h16-23H,3-15,24-27H2,1-2H3. The monoisotopic (exact) mass is 468 g/mol. The second-order valence-corrected chi connectivity index (χ2v) is 9.16. The van der Waals surface area contributed by atoms with E-state index in [4.69, 9.17) is 14.2 Å². The molecule has 0 radical (unpaired) electrons. The van der Waals surface area contributed by atoms with Crippen LogP contribution in [-0.4, -0.2) is 33.0 Å². The summed E-state index contributed by atoms with van der Waals surface area (Å²) in [6.07, 6.45) is 15.3. The minimum atomic E-state index is 0.706. The molecule has 0 saturated heterocycles. The van der Waals surface area contributed by atoms with Crippen molar-refractivity contribution in [2.45, 2.75) is 90.9 Å². The first-order valence-electron chi connectivity index (χ1n) is 13.8. The fraction of sp³-hybridized carbons (Fsp3) is 0.613. The maximum Gasteiger partial charge on any atom is 0.119 e. The second-order valence-electron chi connectivity index (χ2n) is 9.16. The molecule has 0 aliphatic rings. The Bertz CT molecular complexity index is 645. The highest BCUT2D eigenvalue weighted by molar-refractivity contribution is 5.64. The van der Waals surface area contributed by atoms with Crippen LogP contribution < -0.4 is 4.74 Å². The highest BCUT2D eigenvalue weighted by atomic mass is 16.5. The summed E-state index contributed by atoms with van der Waals surface area (Å²) >= 11 is 0. The van der Waals surface area contributed by atoms with Gasteiger partial charge >= 0.3 is 0 Å². The van der Waals surface area contributed by atoms with E-state index in [-0.39, 0.29) is 0 Å². The number of hydrogen-bond donors (Lipinski definition) is 0. The van der Waals surface area contributed by atoms with Gasteiger partial charge in [0.1, 0.15) is 5.75 Å². The quantitative estimate of drug-likeness (QED) is 0.172. The van der Waals surface area contributed by atoms with Gasteiger partial charge in [0.05, 0.1) is 19.8 Å². The highest BCUT2D eigenvalue weighted by Gasteiger charge is 2.01. The Balaban J connectivity index is 1.57. The normalized spacial score (nSPS) is 11.1. The molecule has 0 fully saturated rings. The Morgan fingerprint density at radius 2 is 1.06 bits per heavy atom. The van der Waals surface area contributed by atoms with Crippen LogP contribution in [0.3, 0.4) is 0 Å². The first-order chi connectivity index (χ1) is 16.8. The van der Waals surface area contributed by atoms with Crippen LogP contribution in [0.4, 0.5) is 0 Å². The van der Waals surface area contributed by atoms with Gasteiger partial charge in [0.25, 0.3) is 0 Å². The fourth-order valence-corrected chi connectivity index (χ4v) is 4.11. The number of aryl methyl sites for hydroxylation is 1. The summed E-state index contributed by atoms with van der Waals surface area (Å²) in [6, 6.07) is 17.6. The molecule has 0 aliphatic carbocycles. The molecule has 0 N–H and O–H groups in total. The Morgan fingerprint density at radius 1 is 0.500 bits per heavy atom. The van der Waals surface area contributed by atoms with Crippen LogP contribution in [0.2, 0.25) is 0 Å². The van der Waals surface area contributed by atoms with E-state index in [0.29, 0.717) is 13.2 Å². The van der Waals surface area contributed by atoms with Gasteiger partial charge in [0, 0.05) is 13.2 Å². The lowest BCUT2D eigenvalue weighted by molar-refractivity contribution is 0.0513. The van der Waals surface area contributed by atoms with Crippen LogP contribution in [0.25, 0.3) is 11.1 Å². The van der Waals surface area contributed by atoms with Gasteiger partial charge in [-0.3, -0.25) is 0 Å². The molecule has 190 valence electrons. The molecule has 3 nitrogen and oxygen atoms in total. The highest BCUT2D eigenvalue weighted by Crippen LogP contribution is 2.23. The zero-order valence-electron chi connectivity index (χ0n) is 21.9. The van der Waals surface area contributed by atoms with Gasteiger partial charge in [0.2, 0.25) is 0 Å².